The number of rotatable bonds is 3. The number of fused-ring (bicyclic) bond motifs is 1. The molecule has 6 heteroatoms. The molecule has 2 heterocycles. The summed E-state index contributed by atoms with van der Waals surface area (Å²) in [7, 11) is -3.27. The summed E-state index contributed by atoms with van der Waals surface area (Å²) in [5, 5.41) is 5.08. The van der Waals surface area contributed by atoms with Crippen LogP contribution in [-0.2, 0) is 9.84 Å². The molecule has 0 fully saturated rings. The van der Waals surface area contributed by atoms with Crippen LogP contribution >= 0.6 is 0 Å². The fraction of sp³-hybridized carbons (Fsp3) is 0.150. The minimum Gasteiger partial charge on any atom is -0.361 e. The molecular weight excluding hydrogens is 348 g/mol. The van der Waals surface area contributed by atoms with Crippen LogP contribution < -0.4 is 0 Å². The number of aryl methyl sites for hydroxylation is 2. The van der Waals surface area contributed by atoms with Gasteiger partial charge in [0.15, 0.2) is 9.84 Å². The molecule has 4 aromatic rings. The summed E-state index contributed by atoms with van der Waals surface area (Å²) < 4.78 is 29.2. The van der Waals surface area contributed by atoms with E-state index in [4.69, 9.17) is 4.52 Å². The summed E-state index contributed by atoms with van der Waals surface area (Å²) in [5.41, 5.74) is 5.56. The minimum atomic E-state index is -3.27. The Bertz CT molecular complexity index is 1210. The van der Waals surface area contributed by atoms with Gasteiger partial charge in [-0.25, -0.2) is 8.42 Å². The van der Waals surface area contributed by atoms with Gasteiger partial charge in [-0.1, -0.05) is 17.3 Å². The first kappa shape index (κ1) is 16.6. The van der Waals surface area contributed by atoms with Gasteiger partial charge in [-0.3, -0.25) is 0 Å². The molecule has 0 aliphatic heterocycles. The number of aromatic amines is 1. The summed E-state index contributed by atoms with van der Waals surface area (Å²) >= 11 is 0. The van der Waals surface area contributed by atoms with Gasteiger partial charge in [0.1, 0.15) is 5.76 Å². The van der Waals surface area contributed by atoms with Crippen molar-refractivity contribution < 1.29 is 12.9 Å². The summed E-state index contributed by atoms with van der Waals surface area (Å²) in [4.78, 5) is 3.55. The average Bonchev–Trinajstić information content (AvgIpc) is 3.19. The van der Waals surface area contributed by atoms with Gasteiger partial charge in [-0.05, 0) is 60.9 Å². The molecule has 0 unspecified atom stereocenters. The fourth-order valence-electron chi connectivity index (χ4n) is 3.34. The van der Waals surface area contributed by atoms with Crippen LogP contribution in [0.25, 0.3) is 33.2 Å². The Labute approximate surface area is 151 Å². The first-order valence-corrected chi connectivity index (χ1v) is 10.1. The summed E-state index contributed by atoms with van der Waals surface area (Å²) in [6.07, 6.45) is 3.10. The fourth-order valence-corrected chi connectivity index (χ4v) is 4.01. The third-order valence-electron chi connectivity index (χ3n) is 4.56. The molecule has 0 saturated heterocycles. The molecule has 4 rings (SSSR count). The van der Waals surface area contributed by atoms with Gasteiger partial charge in [-0.2, -0.15) is 0 Å². The van der Waals surface area contributed by atoms with Gasteiger partial charge in [0.05, 0.1) is 10.6 Å². The SMILES string of the molecule is Cc1noc(C)c1-c1cc(-c2cccc(S(C)(=O)=O)c2)c2cc[nH]c2c1. The lowest BCUT2D eigenvalue weighted by molar-refractivity contribution is 0.393. The van der Waals surface area contributed by atoms with Crippen LogP contribution in [0.1, 0.15) is 11.5 Å². The van der Waals surface area contributed by atoms with E-state index in [-0.39, 0.29) is 0 Å². The smallest absolute Gasteiger partial charge is 0.175 e. The molecule has 0 amide bonds. The van der Waals surface area contributed by atoms with Crippen molar-refractivity contribution in [2.75, 3.05) is 6.26 Å². The minimum absolute atomic E-state index is 0.307. The van der Waals surface area contributed by atoms with Gasteiger partial charge in [0.25, 0.3) is 0 Å². The lowest BCUT2D eigenvalue weighted by atomic mass is 9.95. The molecule has 0 aliphatic carbocycles. The maximum atomic E-state index is 11.9. The van der Waals surface area contributed by atoms with E-state index in [0.717, 1.165) is 44.6 Å². The normalized spacial score (nSPS) is 12.0. The molecule has 0 bridgehead atoms. The number of aromatic nitrogens is 2. The topological polar surface area (TPSA) is 76.0 Å². The zero-order valence-corrected chi connectivity index (χ0v) is 15.5. The molecule has 132 valence electrons. The lowest BCUT2D eigenvalue weighted by Gasteiger charge is -2.10. The Morgan fingerprint density at radius 2 is 1.85 bits per heavy atom. The van der Waals surface area contributed by atoms with Crippen LogP contribution in [0.5, 0.6) is 0 Å². The van der Waals surface area contributed by atoms with Crippen molar-refractivity contribution in [3.8, 4) is 22.3 Å². The first-order valence-electron chi connectivity index (χ1n) is 8.19. The predicted molar refractivity (Wildman–Crippen MR) is 102 cm³/mol. The third kappa shape index (κ3) is 2.72. The second-order valence-electron chi connectivity index (χ2n) is 6.46. The largest absolute Gasteiger partial charge is 0.361 e. The Hall–Kier alpha value is -2.86. The van der Waals surface area contributed by atoms with E-state index >= 15 is 0 Å². The van der Waals surface area contributed by atoms with Crippen molar-refractivity contribution in [1.82, 2.24) is 10.1 Å². The van der Waals surface area contributed by atoms with Crippen molar-refractivity contribution in [3.63, 3.8) is 0 Å². The molecule has 0 radical (unpaired) electrons. The molecule has 0 aliphatic rings. The van der Waals surface area contributed by atoms with E-state index in [1.165, 1.54) is 6.26 Å². The van der Waals surface area contributed by atoms with Crippen molar-refractivity contribution >= 4 is 20.7 Å². The molecule has 0 atom stereocenters. The van der Waals surface area contributed by atoms with E-state index < -0.39 is 9.84 Å². The van der Waals surface area contributed by atoms with Gasteiger partial charge < -0.3 is 9.51 Å². The van der Waals surface area contributed by atoms with Gasteiger partial charge in [0, 0.05) is 28.9 Å². The average molecular weight is 366 g/mol. The highest BCUT2D eigenvalue weighted by molar-refractivity contribution is 7.90. The molecule has 0 saturated carbocycles. The van der Waals surface area contributed by atoms with E-state index in [1.54, 1.807) is 18.2 Å². The van der Waals surface area contributed by atoms with E-state index in [2.05, 4.69) is 22.3 Å². The molecule has 0 spiro atoms. The van der Waals surface area contributed by atoms with E-state index in [1.807, 2.05) is 32.2 Å². The molecule has 2 aromatic carbocycles. The molecular formula is C20H18N2O3S. The Kier molecular flexibility index (Phi) is 3.73. The van der Waals surface area contributed by atoms with Gasteiger partial charge in [0.2, 0.25) is 0 Å². The Balaban J connectivity index is 2.00. The number of H-pyrrole nitrogens is 1. The summed E-state index contributed by atoms with van der Waals surface area (Å²) in [6, 6.07) is 13.1. The number of nitrogens with zero attached hydrogens (tertiary/aromatic N) is 1. The zero-order valence-electron chi connectivity index (χ0n) is 14.7. The molecule has 26 heavy (non-hydrogen) atoms. The highest BCUT2D eigenvalue weighted by Gasteiger charge is 2.16. The van der Waals surface area contributed by atoms with Crippen molar-refractivity contribution in [2.45, 2.75) is 18.7 Å². The van der Waals surface area contributed by atoms with Crippen molar-refractivity contribution in [1.29, 1.82) is 0 Å². The maximum absolute atomic E-state index is 11.9. The second kappa shape index (κ2) is 5.85. The Morgan fingerprint density at radius 3 is 2.54 bits per heavy atom. The quantitative estimate of drug-likeness (QED) is 0.579. The third-order valence-corrected chi connectivity index (χ3v) is 5.67. The standard InChI is InChI=1S/C20H18N2O3S/c1-12-20(13(2)25-22-12)15-10-18(17-7-8-21-19(17)11-15)14-5-4-6-16(9-14)26(3,23)24/h4-11,21H,1-3H3. The number of hydrogen-bond donors (Lipinski definition) is 1. The van der Waals surface area contributed by atoms with Crippen LogP contribution in [0, 0.1) is 13.8 Å². The van der Waals surface area contributed by atoms with Crippen LogP contribution in [0.15, 0.2) is 58.1 Å². The number of hydrogen-bond acceptors (Lipinski definition) is 4. The van der Waals surface area contributed by atoms with Crippen molar-refractivity contribution in [3.05, 3.63) is 60.1 Å². The van der Waals surface area contributed by atoms with Crippen molar-refractivity contribution in [2.24, 2.45) is 0 Å². The molecule has 1 N–H and O–H groups in total. The van der Waals surface area contributed by atoms with Crippen LogP contribution in [0.2, 0.25) is 0 Å². The molecule has 5 nitrogen and oxygen atoms in total. The summed E-state index contributed by atoms with van der Waals surface area (Å²) in [6.45, 7) is 3.80. The first-order chi connectivity index (χ1) is 12.3. The van der Waals surface area contributed by atoms with E-state index in [0.29, 0.717) is 4.90 Å². The number of benzene rings is 2. The highest BCUT2D eigenvalue weighted by atomic mass is 32.2. The second-order valence-corrected chi connectivity index (χ2v) is 8.48. The zero-order chi connectivity index (χ0) is 18.5. The highest BCUT2D eigenvalue weighted by Crippen LogP contribution is 2.36. The summed E-state index contributed by atoms with van der Waals surface area (Å²) in [5.74, 6) is 0.754. The van der Waals surface area contributed by atoms with Gasteiger partial charge >= 0.3 is 0 Å². The van der Waals surface area contributed by atoms with Gasteiger partial charge in [-0.15, -0.1) is 0 Å². The van der Waals surface area contributed by atoms with Crippen LogP contribution in [-0.4, -0.2) is 24.8 Å². The van der Waals surface area contributed by atoms with Crippen LogP contribution in [0.3, 0.4) is 0 Å². The van der Waals surface area contributed by atoms with E-state index in [9.17, 15) is 8.42 Å². The Morgan fingerprint density at radius 1 is 1.04 bits per heavy atom. The maximum Gasteiger partial charge on any atom is 0.175 e. The monoisotopic (exact) mass is 366 g/mol. The van der Waals surface area contributed by atoms with Crippen LogP contribution in [0.4, 0.5) is 0 Å². The number of nitrogens with one attached hydrogen (secondary N) is 1. The number of sulfone groups is 1. The molecule has 2 aromatic heterocycles. The lowest BCUT2D eigenvalue weighted by Crippen LogP contribution is -1.97. The predicted octanol–water partition coefficient (Wildman–Crippen LogP) is 4.51.